The highest BCUT2D eigenvalue weighted by Crippen LogP contribution is 1.94. The number of ether oxygens (including phenoxy) is 1. The SMILES string of the molecule is C1CO1.NCc1ccccc1. The van der Waals surface area contributed by atoms with Gasteiger partial charge in [0.1, 0.15) is 0 Å². The van der Waals surface area contributed by atoms with Gasteiger partial charge in [-0.3, -0.25) is 0 Å². The summed E-state index contributed by atoms with van der Waals surface area (Å²) in [5, 5.41) is 0. The zero-order valence-electron chi connectivity index (χ0n) is 6.49. The predicted molar refractivity (Wildman–Crippen MR) is 45.2 cm³/mol. The van der Waals surface area contributed by atoms with Crippen molar-refractivity contribution < 1.29 is 4.74 Å². The summed E-state index contributed by atoms with van der Waals surface area (Å²) >= 11 is 0. The fourth-order valence-electron chi connectivity index (χ4n) is 0.614. The van der Waals surface area contributed by atoms with Crippen molar-refractivity contribution in [3.8, 4) is 0 Å². The van der Waals surface area contributed by atoms with E-state index in [2.05, 4.69) is 4.74 Å². The molecule has 0 aromatic heterocycles. The number of benzene rings is 1. The Hall–Kier alpha value is -0.860. The Bertz CT molecular complexity index is 181. The van der Waals surface area contributed by atoms with Crippen LogP contribution in [0.3, 0.4) is 0 Å². The summed E-state index contributed by atoms with van der Waals surface area (Å²) in [5.74, 6) is 0. The zero-order valence-corrected chi connectivity index (χ0v) is 6.49. The van der Waals surface area contributed by atoms with Crippen LogP contribution in [-0.2, 0) is 11.3 Å². The maximum Gasteiger partial charge on any atom is 0.0701 e. The van der Waals surface area contributed by atoms with Gasteiger partial charge in [-0.15, -0.1) is 0 Å². The van der Waals surface area contributed by atoms with Crippen molar-refractivity contribution in [2.75, 3.05) is 13.2 Å². The van der Waals surface area contributed by atoms with Crippen LogP contribution in [-0.4, -0.2) is 13.2 Å². The van der Waals surface area contributed by atoms with Crippen LogP contribution in [0.5, 0.6) is 0 Å². The van der Waals surface area contributed by atoms with Crippen LogP contribution in [0.4, 0.5) is 0 Å². The van der Waals surface area contributed by atoms with Crippen LogP contribution in [0, 0.1) is 0 Å². The van der Waals surface area contributed by atoms with Crippen molar-refractivity contribution in [2.24, 2.45) is 5.73 Å². The van der Waals surface area contributed by atoms with E-state index in [4.69, 9.17) is 5.73 Å². The highest BCUT2D eigenvalue weighted by atomic mass is 16.6. The molecule has 1 aliphatic rings. The molecule has 1 aromatic rings. The Balaban J connectivity index is 0.000000167. The van der Waals surface area contributed by atoms with E-state index in [0.717, 1.165) is 13.2 Å². The molecule has 1 heterocycles. The maximum absolute atomic E-state index is 5.35. The molecule has 0 amide bonds. The first-order chi connectivity index (χ1) is 5.43. The first-order valence-electron chi connectivity index (χ1n) is 3.75. The molecule has 2 N–H and O–H groups in total. The van der Waals surface area contributed by atoms with E-state index in [1.54, 1.807) is 0 Å². The molecule has 0 atom stereocenters. The first kappa shape index (κ1) is 8.24. The van der Waals surface area contributed by atoms with Gasteiger partial charge in [0.25, 0.3) is 0 Å². The number of rotatable bonds is 1. The molecule has 0 aliphatic carbocycles. The minimum Gasteiger partial charge on any atom is -0.377 e. The summed E-state index contributed by atoms with van der Waals surface area (Å²) < 4.78 is 4.50. The standard InChI is InChI=1S/C7H9N.C2H4O/c8-6-7-4-2-1-3-5-7;1-2-3-1/h1-5H,6,8H2;1-2H2. The predicted octanol–water partition coefficient (Wildman–Crippen LogP) is 1.16. The van der Waals surface area contributed by atoms with E-state index in [9.17, 15) is 0 Å². The lowest BCUT2D eigenvalue weighted by atomic mass is 10.2. The number of hydrogen-bond acceptors (Lipinski definition) is 2. The van der Waals surface area contributed by atoms with Crippen LogP contribution < -0.4 is 5.73 Å². The largest absolute Gasteiger partial charge is 0.377 e. The summed E-state index contributed by atoms with van der Waals surface area (Å²) in [6.07, 6.45) is 0. The van der Waals surface area contributed by atoms with E-state index in [1.807, 2.05) is 30.3 Å². The van der Waals surface area contributed by atoms with Gasteiger partial charge in [0, 0.05) is 6.54 Å². The minimum absolute atomic E-state index is 0.640. The van der Waals surface area contributed by atoms with Gasteiger partial charge in [0.2, 0.25) is 0 Å². The van der Waals surface area contributed by atoms with Gasteiger partial charge in [0.15, 0.2) is 0 Å². The van der Waals surface area contributed by atoms with E-state index in [1.165, 1.54) is 5.56 Å². The second-order valence-electron chi connectivity index (χ2n) is 2.30. The van der Waals surface area contributed by atoms with E-state index >= 15 is 0 Å². The van der Waals surface area contributed by atoms with Crippen LogP contribution in [0.2, 0.25) is 0 Å². The number of hydrogen-bond donors (Lipinski definition) is 1. The molecule has 1 saturated heterocycles. The first-order valence-corrected chi connectivity index (χ1v) is 3.75. The fourth-order valence-corrected chi connectivity index (χ4v) is 0.614. The average molecular weight is 151 g/mol. The molecule has 11 heavy (non-hydrogen) atoms. The molecule has 2 rings (SSSR count). The Morgan fingerprint density at radius 1 is 1.18 bits per heavy atom. The third-order valence-electron chi connectivity index (χ3n) is 1.28. The van der Waals surface area contributed by atoms with E-state index in [-0.39, 0.29) is 0 Å². The van der Waals surface area contributed by atoms with Gasteiger partial charge >= 0.3 is 0 Å². The zero-order chi connectivity index (χ0) is 7.94. The molecule has 0 radical (unpaired) electrons. The second-order valence-corrected chi connectivity index (χ2v) is 2.30. The molecule has 2 heteroatoms. The van der Waals surface area contributed by atoms with Crippen molar-refractivity contribution in [1.82, 2.24) is 0 Å². The van der Waals surface area contributed by atoms with Crippen molar-refractivity contribution in [2.45, 2.75) is 6.54 Å². The molecule has 0 spiro atoms. The Morgan fingerprint density at radius 3 is 2.00 bits per heavy atom. The van der Waals surface area contributed by atoms with Crippen LogP contribution in [0.25, 0.3) is 0 Å². The molecule has 0 bridgehead atoms. The van der Waals surface area contributed by atoms with Crippen molar-refractivity contribution in [3.63, 3.8) is 0 Å². The molecule has 60 valence electrons. The Labute approximate surface area is 67.0 Å². The third kappa shape index (κ3) is 4.53. The van der Waals surface area contributed by atoms with Gasteiger partial charge in [-0.05, 0) is 5.56 Å². The quantitative estimate of drug-likeness (QED) is 0.612. The van der Waals surface area contributed by atoms with Gasteiger partial charge in [-0.25, -0.2) is 0 Å². The fraction of sp³-hybridized carbons (Fsp3) is 0.333. The van der Waals surface area contributed by atoms with Gasteiger partial charge < -0.3 is 10.5 Å². The van der Waals surface area contributed by atoms with Gasteiger partial charge in [0.05, 0.1) is 13.2 Å². The second kappa shape index (κ2) is 4.88. The third-order valence-corrected chi connectivity index (χ3v) is 1.28. The normalized spacial score (nSPS) is 13.2. The molecule has 0 unspecified atom stereocenters. The van der Waals surface area contributed by atoms with Crippen molar-refractivity contribution >= 4 is 0 Å². The van der Waals surface area contributed by atoms with Crippen LogP contribution >= 0.6 is 0 Å². The van der Waals surface area contributed by atoms with Crippen molar-refractivity contribution in [3.05, 3.63) is 35.9 Å². The minimum atomic E-state index is 0.640. The maximum atomic E-state index is 5.35. The molecule has 0 saturated carbocycles. The summed E-state index contributed by atoms with van der Waals surface area (Å²) in [6, 6.07) is 9.99. The lowest BCUT2D eigenvalue weighted by Gasteiger charge is -1.90. The van der Waals surface area contributed by atoms with Gasteiger partial charge in [-0.2, -0.15) is 0 Å². The summed E-state index contributed by atoms with van der Waals surface area (Å²) in [6.45, 7) is 2.64. The Kier molecular flexibility index (Phi) is 3.65. The monoisotopic (exact) mass is 151 g/mol. The summed E-state index contributed by atoms with van der Waals surface area (Å²) in [4.78, 5) is 0. The highest BCUT2D eigenvalue weighted by Gasteiger charge is 1.94. The van der Waals surface area contributed by atoms with Crippen LogP contribution in [0.1, 0.15) is 5.56 Å². The van der Waals surface area contributed by atoms with Crippen molar-refractivity contribution in [1.29, 1.82) is 0 Å². The Morgan fingerprint density at radius 2 is 1.73 bits per heavy atom. The molecule has 1 aliphatic heterocycles. The molecule has 1 fully saturated rings. The summed E-state index contributed by atoms with van der Waals surface area (Å²) in [5.41, 5.74) is 6.54. The smallest absolute Gasteiger partial charge is 0.0701 e. The lowest BCUT2D eigenvalue weighted by molar-refractivity contribution is 0.475. The highest BCUT2D eigenvalue weighted by molar-refractivity contribution is 5.13. The summed E-state index contributed by atoms with van der Waals surface area (Å²) in [7, 11) is 0. The molecular formula is C9H13NO. The van der Waals surface area contributed by atoms with E-state index in [0.29, 0.717) is 6.54 Å². The van der Waals surface area contributed by atoms with E-state index < -0.39 is 0 Å². The number of epoxide rings is 1. The van der Waals surface area contributed by atoms with Crippen LogP contribution in [0.15, 0.2) is 30.3 Å². The molecule has 1 aromatic carbocycles. The van der Waals surface area contributed by atoms with Gasteiger partial charge in [-0.1, -0.05) is 30.3 Å². The topological polar surface area (TPSA) is 38.5 Å². The average Bonchev–Trinajstić information content (AvgIpc) is 2.92. The molecule has 2 nitrogen and oxygen atoms in total. The molecular weight excluding hydrogens is 138 g/mol. The number of nitrogens with two attached hydrogens (primary N) is 1. The lowest BCUT2D eigenvalue weighted by Crippen LogP contribution is -1.94.